The molecule has 1 aromatic heterocycles. The van der Waals surface area contributed by atoms with E-state index < -0.39 is 11.7 Å². The van der Waals surface area contributed by atoms with Crippen molar-refractivity contribution in [3.63, 3.8) is 0 Å². The van der Waals surface area contributed by atoms with E-state index in [-0.39, 0.29) is 0 Å². The van der Waals surface area contributed by atoms with Gasteiger partial charge in [-0.2, -0.15) is 13.2 Å². The fourth-order valence-corrected chi connectivity index (χ4v) is 2.49. The van der Waals surface area contributed by atoms with Gasteiger partial charge in [-0.1, -0.05) is 12.1 Å². The van der Waals surface area contributed by atoms with Crippen molar-refractivity contribution in [3.8, 4) is 10.6 Å². The molecule has 2 nitrogen and oxygen atoms in total. The molecule has 0 saturated carbocycles. The summed E-state index contributed by atoms with van der Waals surface area (Å²) in [6.07, 6.45) is -3.55. The van der Waals surface area contributed by atoms with Crippen LogP contribution in [-0.2, 0) is 12.6 Å². The molecule has 0 unspecified atom stereocenters. The number of hydrogen-bond acceptors (Lipinski definition) is 3. The van der Waals surface area contributed by atoms with Crippen LogP contribution < -0.4 is 5.32 Å². The van der Waals surface area contributed by atoms with Crippen LogP contribution in [0.1, 0.15) is 11.3 Å². The van der Waals surface area contributed by atoms with Crippen LogP contribution in [0.3, 0.4) is 0 Å². The number of benzene rings is 1. The van der Waals surface area contributed by atoms with E-state index in [2.05, 4.69) is 10.3 Å². The Hall–Kier alpha value is -1.40. The number of alkyl halides is 3. The number of nitrogens with one attached hydrogen (secondary N) is 1. The monoisotopic (exact) mass is 286 g/mol. The van der Waals surface area contributed by atoms with Gasteiger partial charge in [0.15, 0.2) is 0 Å². The third-order valence-corrected chi connectivity index (χ3v) is 3.56. The fourth-order valence-electron chi connectivity index (χ4n) is 1.64. The molecule has 0 aliphatic rings. The van der Waals surface area contributed by atoms with Crippen molar-refractivity contribution in [2.24, 2.45) is 0 Å². The number of hydrogen-bond donors (Lipinski definition) is 1. The lowest BCUT2D eigenvalue weighted by Crippen LogP contribution is -2.10. The smallest absolute Gasteiger partial charge is 0.319 e. The minimum atomic E-state index is -4.32. The second kappa shape index (κ2) is 5.71. The predicted molar refractivity (Wildman–Crippen MR) is 70.2 cm³/mol. The van der Waals surface area contributed by atoms with Crippen molar-refractivity contribution in [1.82, 2.24) is 10.3 Å². The number of rotatable bonds is 4. The molecule has 102 valence electrons. The van der Waals surface area contributed by atoms with Crippen LogP contribution in [0.2, 0.25) is 0 Å². The molecule has 6 heteroatoms. The Morgan fingerprint density at radius 3 is 2.79 bits per heavy atom. The molecule has 1 heterocycles. The molecule has 0 spiro atoms. The third kappa shape index (κ3) is 3.54. The average Bonchev–Trinajstić information content (AvgIpc) is 2.84. The first-order valence-corrected chi connectivity index (χ1v) is 6.65. The van der Waals surface area contributed by atoms with E-state index in [1.165, 1.54) is 17.4 Å². The molecule has 0 atom stereocenters. The zero-order chi connectivity index (χ0) is 13.9. The summed E-state index contributed by atoms with van der Waals surface area (Å²) < 4.78 is 37.9. The van der Waals surface area contributed by atoms with Gasteiger partial charge in [-0.3, -0.25) is 0 Å². The highest BCUT2D eigenvalue weighted by Gasteiger charge is 2.30. The highest BCUT2D eigenvalue weighted by molar-refractivity contribution is 7.13. The Kier molecular flexibility index (Phi) is 4.21. The lowest BCUT2D eigenvalue weighted by Gasteiger charge is -2.07. The normalized spacial score (nSPS) is 11.8. The average molecular weight is 286 g/mol. The second-order valence-corrected chi connectivity index (χ2v) is 4.93. The molecule has 0 aliphatic carbocycles. The summed E-state index contributed by atoms with van der Waals surface area (Å²) in [6.45, 7) is 0.797. The van der Waals surface area contributed by atoms with Crippen LogP contribution in [0.5, 0.6) is 0 Å². The van der Waals surface area contributed by atoms with E-state index in [1.54, 1.807) is 6.07 Å². The summed E-state index contributed by atoms with van der Waals surface area (Å²) >= 11 is 1.37. The van der Waals surface area contributed by atoms with Crippen LogP contribution in [0.15, 0.2) is 29.6 Å². The summed E-state index contributed by atoms with van der Waals surface area (Å²) in [7, 11) is 1.85. The Bertz CT molecular complexity index is 549. The minimum absolute atomic E-state index is 0.510. The second-order valence-electron chi connectivity index (χ2n) is 4.08. The van der Waals surface area contributed by atoms with Gasteiger partial charge in [0.2, 0.25) is 0 Å². The van der Waals surface area contributed by atoms with Gasteiger partial charge in [0.25, 0.3) is 0 Å². The van der Waals surface area contributed by atoms with Crippen LogP contribution >= 0.6 is 11.3 Å². The molecule has 2 aromatic rings. The first-order valence-electron chi connectivity index (χ1n) is 5.77. The van der Waals surface area contributed by atoms with Gasteiger partial charge in [-0.25, -0.2) is 4.98 Å². The molecule has 0 aliphatic heterocycles. The zero-order valence-corrected chi connectivity index (χ0v) is 11.1. The van der Waals surface area contributed by atoms with E-state index in [4.69, 9.17) is 0 Å². The van der Waals surface area contributed by atoms with E-state index in [0.29, 0.717) is 10.6 Å². The van der Waals surface area contributed by atoms with Crippen molar-refractivity contribution in [2.75, 3.05) is 13.6 Å². The summed E-state index contributed by atoms with van der Waals surface area (Å²) in [5.41, 5.74) is 0.763. The maximum absolute atomic E-state index is 12.6. The Morgan fingerprint density at radius 1 is 1.32 bits per heavy atom. The van der Waals surface area contributed by atoms with E-state index in [9.17, 15) is 13.2 Å². The number of nitrogens with zero attached hydrogens (tertiary/aromatic N) is 1. The number of thiazole rings is 1. The summed E-state index contributed by atoms with van der Waals surface area (Å²) in [4.78, 5) is 4.35. The van der Waals surface area contributed by atoms with Crippen LogP contribution in [0.25, 0.3) is 10.6 Å². The quantitative estimate of drug-likeness (QED) is 0.929. The van der Waals surface area contributed by atoms with E-state index in [1.807, 2.05) is 12.4 Å². The molecular weight excluding hydrogens is 273 g/mol. The van der Waals surface area contributed by atoms with Crippen LogP contribution in [0.4, 0.5) is 13.2 Å². The molecule has 0 bridgehead atoms. The van der Waals surface area contributed by atoms with Crippen molar-refractivity contribution in [3.05, 3.63) is 40.9 Å². The fraction of sp³-hybridized carbons (Fsp3) is 0.308. The molecule has 0 radical (unpaired) electrons. The van der Waals surface area contributed by atoms with Gasteiger partial charge in [0.05, 0.1) is 11.3 Å². The summed E-state index contributed by atoms with van der Waals surface area (Å²) in [5, 5.41) is 5.51. The van der Waals surface area contributed by atoms with Crippen molar-refractivity contribution >= 4 is 11.3 Å². The molecule has 2 rings (SSSR count). The van der Waals surface area contributed by atoms with Gasteiger partial charge in [0, 0.05) is 23.9 Å². The van der Waals surface area contributed by atoms with Crippen LogP contribution in [-0.4, -0.2) is 18.6 Å². The van der Waals surface area contributed by atoms with Gasteiger partial charge >= 0.3 is 6.18 Å². The Morgan fingerprint density at radius 2 is 2.11 bits per heavy atom. The first-order chi connectivity index (χ1) is 9.00. The van der Waals surface area contributed by atoms with Crippen molar-refractivity contribution < 1.29 is 13.2 Å². The topological polar surface area (TPSA) is 24.9 Å². The third-order valence-electron chi connectivity index (χ3n) is 2.62. The van der Waals surface area contributed by atoms with E-state index >= 15 is 0 Å². The van der Waals surface area contributed by atoms with Gasteiger partial charge in [-0.15, -0.1) is 11.3 Å². The maximum atomic E-state index is 12.6. The maximum Gasteiger partial charge on any atom is 0.416 e. The predicted octanol–water partition coefficient (Wildman–Crippen LogP) is 3.59. The standard InChI is InChI=1S/C13H13F3N2S/c1-17-6-5-11-8-19-12(18-11)9-3-2-4-10(7-9)13(14,15)16/h2-4,7-8,17H,5-6H2,1H3. The van der Waals surface area contributed by atoms with Gasteiger partial charge in [-0.05, 0) is 19.2 Å². The number of halogens is 3. The highest BCUT2D eigenvalue weighted by atomic mass is 32.1. The highest BCUT2D eigenvalue weighted by Crippen LogP contribution is 2.33. The lowest BCUT2D eigenvalue weighted by atomic mass is 10.1. The Labute approximate surface area is 113 Å². The zero-order valence-electron chi connectivity index (χ0n) is 10.3. The largest absolute Gasteiger partial charge is 0.416 e. The Balaban J connectivity index is 2.24. The molecule has 0 amide bonds. The molecular formula is C13H13F3N2S. The van der Waals surface area contributed by atoms with Gasteiger partial charge in [0.1, 0.15) is 5.01 Å². The van der Waals surface area contributed by atoms with Crippen LogP contribution in [0, 0.1) is 0 Å². The summed E-state index contributed by atoms with van der Waals surface area (Å²) in [6, 6.07) is 5.27. The SMILES string of the molecule is CNCCc1csc(-c2cccc(C(F)(F)F)c2)n1. The van der Waals surface area contributed by atoms with Crippen molar-refractivity contribution in [1.29, 1.82) is 0 Å². The lowest BCUT2D eigenvalue weighted by molar-refractivity contribution is -0.137. The molecule has 1 aromatic carbocycles. The van der Waals surface area contributed by atoms with Crippen molar-refractivity contribution in [2.45, 2.75) is 12.6 Å². The number of aromatic nitrogens is 1. The molecule has 0 fully saturated rings. The van der Waals surface area contributed by atoms with E-state index in [0.717, 1.165) is 30.8 Å². The molecule has 1 N–H and O–H groups in total. The molecule has 0 saturated heterocycles. The first kappa shape index (κ1) is 14.0. The summed E-state index contributed by atoms with van der Waals surface area (Å²) in [5.74, 6) is 0. The molecule has 19 heavy (non-hydrogen) atoms. The van der Waals surface area contributed by atoms with Gasteiger partial charge < -0.3 is 5.32 Å². The number of likely N-dealkylation sites (N-methyl/N-ethyl adjacent to an activating group) is 1. The minimum Gasteiger partial charge on any atom is -0.319 e.